The van der Waals surface area contributed by atoms with E-state index in [1.807, 2.05) is 27.7 Å². The normalized spacial score (nSPS) is 43.5. The van der Waals surface area contributed by atoms with Crippen LogP contribution in [0.15, 0.2) is 16.9 Å². The highest BCUT2D eigenvalue weighted by atomic mass is 32.2. The molecule has 0 aromatic heterocycles. The standard InChI is InChI=1S/C16H22FNO5S/c1-15(2)20-10-9(7-8(17)13-18-5-6-24-13)19-14-12(11(10)21-15)22-16(3,4)23-14/h7,9-12,14H,5-6H2,1-4H3/b8-7+/t9-,10-,11-,12+,14+/m0/s1. The number of ether oxygens (including phenoxy) is 5. The molecule has 0 aromatic rings. The summed E-state index contributed by atoms with van der Waals surface area (Å²) >= 11 is 1.41. The van der Waals surface area contributed by atoms with Crippen LogP contribution in [0.5, 0.6) is 0 Å². The summed E-state index contributed by atoms with van der Waals surface area (Å²) < 4.78 is 44.1. The van der Waals surface area contributed by atoms with Gasteiger partial charge < -0.3 is 23.7 Å². The quantitative estimate of drug-likeness (QED) is 0.755. The molecule has 0 bridgehead atoms. The van der Waals surface area contributed by atoms with Gasteiger partial charge in [0.2, 0.25) is 0 Å². The first-order valence-corrected chi connectivity index (χ1v) is 9.14. The smallest absolute Gasteiger partial charge is 0.190 e. The Morgan fingerprint density at radius 3 is 2.46 bits per heavy atom. The molecule has 3 saturated heterocycles. The predicted octanol–water partition coefficient (Wildman–Crippen LogP) is 2.38. The van der Waals surface area contributed by atoms with Crippen molar-refractivity contribution < 1.29 is 28.1 Å². The molecular formula is C16H22FNO5S. The molecule has 0 unspecified atom stereocenters. The molecule has 8 heteroatoms. The minimum atomic E-state index is -0.786. The van der Waals surface area contributed by atoms with Crippen LogP contribution in [0.2, 0.25) is 0 Å². The Labute approximate surface area is 144 Å². The molecule has 4 aliphatic rings. The van der Waals surface area contributed by atoms with Gasteiger partial charge in [-0.2, -0.15) is 0 Å². The summed E-state index contributed by atoms with van der Waals surface area (Å²) in [6.45, 7) is 7.94. The van der Waals surface area contributed by atoms with Crippen LogP contribution in [0, 0.1) is 0 Å². The lowest BCUT2D eigenvalue weighted by molar-refractivity contribution is -0.222. The van der Waals surface area contributed by atoms with Crippen LogP contribution in [-0.4, -0.2) is 59.6 Å². The fourth-order valence-electron chi connectivity index (χ4n) is 3.47. The van der Waals surface area contributed by atoms with Gasteiger partial charge in [-0.1, -0.05) is 0 Å². The Balaban J connectivity index is 1.61. The summed E-state index contributed by atoms with van der Waals surface area (Å²) in [6.07, 6.45) is -1.07. The topological polar surface area (TPSA) is 58.5 Å². The third-order valence-corrected chi connectivity index (χ3v) is 5.28. The Hall–Kier alpha value is -0.510. The maximum absolute atomic E-state index is 14.5. The Morgan fingerprint density at radius 1 is 1.08 bits per heavy atom. The van der Waals surface area contributed by atoms with Crippen LogP contribution in [0.25, 0.3) is 0 Å². The molecule has 4 heterocycles. The minimum Gasteiger partial charge on any atom is -0.342 e. The Morgan fingerprint density at radius 2 is 1.75 bits per heavy atom. The SMILES string of the molecule is CC1(C)O[C@H]2[C@@H](O1)[C@H](/C=C(/F)C1=NCCS1)O[C@@H]1OC(C)(C)O[C@@H]12. The van der Waals surface area contributed by atoms with Crippen molar-refractivity contribution in [3.8, 4) is 0 Å². The number of halogens is 1. The van der Waals surface area contributed by atoms with E-state index in [1.165, 1.54) is 17.8 Å². The summed E-state index contributed by atoms with van der Waals surface area (Å²) in [6, 6.07) is 0. The highest BCUT2D eigenvalue weighted by molar-refractivity contribution is 8.14. The lowest BCUT2D eigenvalue weighted by Gasteiger charge is -2.36. The Bertz CT molecular complexity index is 593. The summed E-state index contributed by atoms with van der Waals surface area (Å²) in [4.78, 5) is 4.16. The number of aliphatic imine (C=N–C) groups is 1. The number of thioether (sulfide) groups is 1. The number of fused-ring (bicyclic) bond motifs is 3. The lowest BCUT2D eigenvalue weighted by atomic mass is 9.98. The second kappa shape index (κ2) is 5.75. The molecule has 5 atom stereocenters. The molecule has 4 aliphatic heterocycles. The van der Waals surface area contributed by atoms with Gasteiger partial charge in [-0.3, -0.25) is 4.99 Å². The van der Waals surface area contributed by atoms with E-state index in [-0.39, 0.29) is 11.9 Å². The van der Waals surface area contributed by atoms with Gasteiger partial charge in [-0.25, -0.2) is 4.39 Å². The van der Waals surface area contributed by atoms with Crippen molar-refractivity contribution in [1.82, 2.24) is 0 Å². The summed E-state index contributed by atoms with van der Waals surface area (Å²) in [5.74, 6) is -1.15. The highest BCUT2D eigenvalue weighted by Gasteiger charge is 2.60. The highest BCUT2D eigenvalue weighted by Crippen LogP contribution is 2.44. The lowest BCUT2D eigenvalue weighted by Crippen LogP contribution is -2.54. The molecule has 3 fully saturated rings. The zero-order valence-electron chi connectivity index (χ0n) is 14.2. The van der Waals surface area contributed by atoms with Crippen LogP contribution < -0.4 is 0 Å². The molecule has 0 saturated carbocycles. The van der Waals surface area contributed by atoms with Crippen LogP contribution in [0.1, 0.15) is 27.7 Å². The van der Waals surface area contributed by atoms with Gasteiger partial charge in [0.15, 0.2) is 23.7 Å². The van der Waals surface area contributed by atoms with Crippen LogP contribution in [-0.2, 0) is 23.7 Å². The van der Waals surface area contributed by atoms with E-state index in [4.69, 9.17) is 23.7 Å². The number of hydrogen-bond acceptors (Lipinski definition) is 7. The average molecular weight is 359 g/mol. The van der Waals surface area contributed by atoms with Gasteiger partial charge in [0.1, 0.15) is 29.5 Å². The maximum Gasteiger partial charge on any atom is 0.190 e. The van der Waals surface area contributed by atoms with Crippen LogP contribution in [0.3, 0.4) is 0 Å². The molecule has 24 heavy (non-hydrogen) atoms. The fraction of sp³-hybridized carbons (Fsp3) is 0.812. The first-order valence-electron chi connectivity index (χ1n) is 8.16. The third-order valence-electron chi connectivity index (χ3n) is 4.29. The van der Waals surface area contributed by atoms with Crippen molar-refractivity contribution in [2.24, 2.45) is 4.99 Å². The first-order chi connectivity index (χ1) is 11.2. The molecule has 0 spiro atoms. The third kappa shape index (κ3) is 3.04. The molecule has 6 nitrogen and oxygen atoms in total. The average Bonchev–Trinajstić information content (AvgIpc) is 3.14. The van der Waals surface area contributed by atoms with Gasteiger partial charge in [-0.15, -0.1) is 11.8 Å². The molecule has 0 radical (unpaired) electrons. The predicted molar refractivity (Wildman–Crippen MR) is 86.5 cm³/mol. The number of rotatable bonds is 2. The molecule has 4 rings (SSSR count). The monoisotopic (exact) mass is 359 g/mol. The molecule has 0 aromatic carbocycles. The van der Waals surface area contributed by atoms with Gasteiger partial charge in [0, 0.05) is 12.3 Å². The second-order valence-corrected chi connectivity index (χ2v) is 8.27. The van der Waals surface area contributed by atoms with E-state index in [0.29, 0.717) is 11.6 Å². The summed E-state index contributed by atoms with van der Waals surface area (Å²) in [5, 5.41) is 0.416. The van der Waals surface area contributed by atoms with E-state index in [0.717, 1.165) is 5.75 Å². The molecule has 0 amide bonds. The largest absolute Gasteiger partial charge is 0.342 e. The van der Waals surface area contributed by atoms with Crippen molar-refractivity contribution in [3.63, 3.8) is 0 Å². The second-order valence-electron chi connectivity index (χ2n) is 7.18. The molecule has 0 aliphatic carbocycles. The zero-order valence-corrected chi connectivity index (χ0v) is 15.0. The molecular weight excluding hydrogens is 337 g/mol. The van der Waals surface area contributed by atoms with Crippen molar-refractivity contribution in [2.45, 2.75) is 70.0 Å². The molecule has 134 valence electrons. The number of nitrogens with zero attached hydrogens (tertiary/aromatic N) is 1. The Kier molecular flexibility index (Phi) is 4.06. The van der Waals surface area contributed by atoms with Crippen molar-refractivity contribution in [1.29, 1.82) is 0 Å². The summed E-state index contributed by atoms with van der Waals surface area (Å²) in [7, 11) is 0. The first kappa shape index (κ1) is 16.9. The van der Waals surface area contributed by atoms with Gasteiger partial charge >= 0.3 is 0 Å². The van der Waals surface area contributed by atoms with E-state index >= 15 is 0 Å². The van der Waals surface area contributed by atoms with Crippen LogP contribution in [0.4, 0.5) is 4.39 Å². The van der Waals surface area contributed by atoms with Gasteiger partial charge in [0.05, 0.1) is 0 Å². The van der Waals surface area contributed by atoms with Crippen molar-refractivity contribution in [2.75, 3.05) is 12.3 Å². The maximum atomic E-state index is 14.5. The van der Waals surface area contributed by atoms with E-state index < -0.39 is 36.2 Å². The van der Waals surface area contributed by atoms with Gasteiger partial charge in [0.25, 0.3) is 0 Å². The minimum absolute atomic E-state index is 0.382. The number of hydrogen-bond donors (Lipinski definition) is 0. The van der Waals surface area contributed by atoms with Crippen molar-refractivity contribution >= 4 is 16.8 Å². The van der Waals surface area contributed by atoms with E-state index in [1.54, 1.807) is 0 Å². The van der Waals surface area contributed by atoms with Crippen molar-refractivity contribution in [3.05, 3.63) is 11.9 Å². The fourth-order valence-corrected chi connectivity index (χ4v) is 4.24. The van der Waals surface area contributed by atoms with E-state index in [9.17, 15) is 4.39 Å². The van der Waals surface area contributed by atoms with E-state index in [2.05, 4.69) is 4.99 Å². The molecule has 0 N–H and O–H groups in total. The van der Waals surface area contributed by atoms with Crippen LogP contribution >= 0.6 is 11.8 Å². The summed E-state index contributed by atoms with van der Waals surface area (Å²) in [5.41, 5.74) is 0. The zero-order chi connectivity index (χ0) is 17.1. The van der Waals surface area contributed by atoms with Gasteiger partial charge in [-0.05, 0) is 33.8 Å².